The SMILES string of the molecule is CC/C=C/C(=O)[C@H](C)C[C@H](C)C(=O)O. The molecule has 0 aromatic carbocycles. The zero-order valence-corrected chi connectivity index (χ0v) is 8.99. The number of aliphatic carboxylic acids is 1. The van der Waals surface area contributed by atoms with Crippen LogP contribution in [-0.4, -0.2) is 16.9 Å². The standard InChI is InChI=1S/C11H18O3/c1-4-5-6-10(12)8(2)7-9(3)11(13)14/h5-6,8-9H,4,7H2,1-3H3,(H,13,14)/b6-5+/t8-,9+/m1/s1. The number of allylic oxidation sites excluding steroid dienone is 2. The van der Waals surface area contributed by atoms with Gasteiger partial charge in [0.1, 0.15) is 0 Å². The van der Waals surface area contributed by atoms with Crippen molar-refractivity contribution in [3.05, 3.63) is 12.2 Å². The average Bonchev–Trinajstić information content (AvgIpc) is 2.13. The molecule has 2 atom stereocenters. The molecule has 0 heterocycles. The summed E-state index contributed by atoms with van der Waals surface area (Å²) in [5, 5.41) is 8.66. The molecule has 0 rings (SSSR count). The molecule has 0 aromatic heterocycles. The van der Waals surface area contributed by atoms with Crippen LogP contribution in [0.25, 0.3) is 0 Å². The second-order valence-electron chi connectivity index (χ2n) is 3.59. The van der Waals surface area contributed by atoms with Gasteiger partial charge in [0.15, 0.2) is 5.78 Å². The number of hydrogen-bond acceptors (Lipinski definition) is 2. The van der Waals surface area contributed by atoms with Crippen molar-refractivity contribution in [3.8, 4) is 0 Å². The molecule has 80 valence electrons. The first kappa shape index (κ1) is 12.9. The Labute approximate surface area is 84.8 Å². The maximum absolute atomic E-state index is 11.4. The molecule has 3 nitrogen and oxygen atoms in total. The lowest BCUT2D eigenvalue weighted by Gasteiger charge is -2.10. The molecule has 1 N–H and O–H groups in total. The fraction of sp³-hybridized carbons (Fsp3) is 0.636. The van der Waals surface area contributed by atoms with E-state index in [2.05, 4.69) is 0 Å². The summed E-state index contributed by atoms with van der Waals surface area (Å²) < 4.78 is 0. The van der Waals surface area contributed by atoms with Crippen molar-refractivity contribution >= 4 is 11.8 Å². The molecule has 0 aliphatic carbocycles. The van der Waals surface area contributed by atoms with Crippen molar-refractivity contribution in [1.29, 1.82) is 0 Å². The third-order valence-corrected chi connectivity index (χ3v) is 2.13. The number of ketones is 1. The molecule has 0 amide bonds. The normalized spacial score (nSPS) is 15.4. The molecule has 0 fully saturated rings. The zero-order chi connectivity index (χ0) is 11.1. The molecular formula is C11H18O3. The molecule has 0 spiro atoms. The van der Waals surface area contributed by atoms with Gasteiger partial charge >= 0.3 is 5.97 Å². The van der Waals surface area contributed by atoms with Crippen LogP contribution in [0.3, 0.4) is 0 Å². The third kappa shape index (κ3) is 4.80. The largest absolute Gasteiger partial charge is 0.481 e. The number of carboxylic acid groups (broad SMARTS) is 1. The highest BCUT2D eigenvalue weighted by molar-refractivity contribution is 5.91. The number of carboxylic acids is 1. The molecule has 0 saturated carbocycles. The van der Waals surface area contributed by atoms with Crippen molar-refractivity contribution in [2.75, 3.05) is 0 Å². The maximum Gasteiger partial charge on any atom is 0.306 e. The Morgan fingerprint density at radius 3 is 2.29 bits per heavy atom. The van der Waals surface area contributed by atoms with Crippen LogP contribution >= 0.6 is 0 Å². The van der Waals surface area contributed by atoms with E-state index in [9.17, 15) is 9.59 Å². The third-order valence-electron chi connectivity index (χ3n) is 2.13. The second kappa shape index (κ2) is 6.35. The Morgan fingerprint density at radius 2 is 1.86 bits per heavy atom. The van der Waals surface area contributed by atoms with Gasteiger partial charge in [0.25, 0.3) is 0 Å². The summed E-state index contributed by atoms with van der Waals surface area (Å²) in [6.45, 7) is 5.34. The van der Waals surface area contributed by atoms with E-state index in [-0.39, 0.29) is 11.7 Å². The lowest BCUT2D eigenvalue weighted by atomic mass is 9.94. The van der Waals surface area contributed by atoms with Crippen LogP contribution in [0.1, 0.15) is 33.6 Å². The molecule has 0 radical (unpaired) electrons. The van der Waals surface area contributed by atoms with Gasteiger partial charge in [-0.3, -0.25) is 9.59 Å². The van der Waals surface area contributed by atoms with E-state index >= 15 is 0 Å². The van der Waals surface area contributed by atoms with E-state index in [4.69, 9.17) is 5.11 Å². The van der Waals surface area contributed by atoms with Crippen LogP contribution in [-0.2, 0) is 9.59 Å². The van der Waals surface area contributed by atoms with Gasteiger partial charge in [-0.25, -0.2) is 0 Å². The summed E-state index contributed by atoms with van der Waals surface area (Å²) in [5.74, 6) is -1.49. The van der Waals surface area contributed by atoms with Crippen LogP contribution in [0.4, 0.5) is 0 Å². The number of hydrogen-bond donors (Lipinski definition) is 1. The minimum Gasteiger partial charge on any atom is -0.481 e. The lowest BCUT2D eigenvalue weighted by molar-refractivity contribution is -0.141. The van der Waals surface area contributed by atoms with Crippen LogP contribution in [0, 0.1) is 11.8 Å². The highest BCUT2D eigenvalue weighted by Crippen LogP contribution is 2.13. The Hall–Kier alpha value is -1.12. The molecule has 0 aromatic rings. The smallest absolute Gasteiger partial charge is 0.306 e. The fourth-order valence-electron chi connectivity index (χ4n) is 1.15. The molecule has 3 heteroatoms. The summed E-state index contributed by atoms with van der Waals surface area (Å²) in [6, 6.07) is 0. The van der Waals surface area contributed by atoms with Gasteiger partial charge < -0.3 is 5.11 Å². The predicted octanol–water partition coefficient (Wildman–Crippen LogP) is 2.27. The van der Waals surface area contributed by atoms with Crippen LogP contribution in [0.5, 0.6) is 0 Å². The highest BCUT2D eigenvalue weighted by Gasteiger charge is 2.18. The van der Waals surface area contributed by atoms with Crippen molar-refractivity contribution in [2.24, 2.45) is 11.8 Å². The van der Waals surface area contributed by atoms with E-state index in [0.29, 0.717) is 6.42 Å². The highest BCUT2D eigenvalue weighted by atomic mass is 16.4. The van der Waals surface area contributed by atoms with Gasteiger partial charge in [-0.05, 0) is 18.9 Å². The summed E-state index contributed by atoms with van der Waals surface area (Å²) in [7, 11) is 0. The summed E-state index contributed by atoms with van der Waals surface area (Å²) >= 11 is 0. The van der Waals surface area contributed by atoms with Crippen LogP contribution in [0.2, 0.25) is 0 Å². The first-order chi connectivity index (χ1) is 6.49. The number of rotatable bonds is 6. The molecule has 0 aliphatic heterocycles. The first-order valence-corrected chi connectivity index (χ1v) is 4.92. The first-order valence-electron chi connectivity index (χ1n) is 4.92. The maximum atomic E-state index is 11.4. The minimum absolute atomic E-state index is 0.0138. The molecule has 0 bridgehead atoms. The van der Waals surface area contributed by atoms with Gasteiger partial charge in [0.05, 0.1) is 5.92 Å². The van der Waals surface area contributed by atoms with Gasteiger partial charge in [-0.1, -0.05) is 26.8 Å². The molecule has 0 saturated heterocycles. The van der Waals surface area contributed by atoms with E-state index in [1.54, 1.807) is 26.0 Å². The van der Waals surface area contributed by atoms with Gasteiger partial charge in [0.2, 0.25) is 0 Å². The molecule has 14 heavy (non-hydrogen) atoms. The average molecular weight is 198 g/mol. The zero-order valence-electron chi connectivity index (χ0n) is 8.99. The topological polar surface area (TPSA) is 54.4 Å². The molecular weight excluding hydrogens is 180 g/mol. The Morgan fingerprint density at radius 1 is 1.29 bits per heavy atom. The Balaban J connectivity index is 4.07. The van der Waals surface area contributed by atoms with E-state index in [1.807, 2.05) is 6.92 Å². The van der Waals surface area contributed by atoms with Crippen LogP contribution in [0.15, 0.2) is 12.2 Å². The Bertz CT molecular complexity index is 231. The Kier molecular flexibility index (Phi) is 5.84. The minimum atomic E-state index is -0.843. The van der Waals surface area contributed by atoms with E-state index < -0.39 is 11.9 Å². The van der Waals surface area contributed by atoms with E-state index in [0.717, 1.165) is 6.42 Å². The van der Waals surface area contributed by atoms with Crippen molar-refractivity contribution in [1.82, 2.24) is 0 Å². The summed E-state index contributed by atoms with van der Waals surface area (Å²) in [5.41, 5.74) is 0. The molecule has 0 aliphatic rings. The van der Waals surface area contributed by atoms with Crippen LogP contribution < -0.4 is 0 Å². The second-order valence-corrected chi connectivity index (χ2v) is 3.59. The van der Waals surface area contributed by atoms with Crippen molar-refractivity contribution in [3.63, 3.8) is 0 Å². The molecule has 0 unspecified atom stereocenters. The monoisotopic (exact) mass is 198 g/mol. The summed E-state index contributed by atoms with van der Waals surface area (Å²) in [6.07, 6.45) is 4.57. The lowest BCUT2D eigenvalue weighted by Crippen LogP contribution is -2.17. The summed E-state index contributed by atoms with van der Waals surface area (Å²) in [4.78, 5) is 21.9. The van der Waals surface area contributed by atoms with Crippen molar-refractivity contribution < 1.29 is 14.7 Å². The quantitative estimate of drug-likeness (QED) is 0.666. The predicted molar refractivity (Wildman–Crippen MR) is 55.0 cm³/mol. The number of carbonyl (C=O) groups excluding carboxylic acids is 1. The fourth-order valence-corrected chi connectivity index (χ4v) is 1.15. The van der Waals surface area contributed by atoms with Gasteiger partial charge in [-0.15, -0.1) is 0 Å². The van der Waals surface area contributed by atoms with E-state index in [1.165, 1.54) is 0 Å². The van der Waals surface area contributed by atoms with Gasteiger partial charge in [-0.2, -0.15) is 0 Å². The van der Waals surface area contributed by atoms with Crippen molar-refractivity contribution in [2.45, 2.75) is 33.6 Å². The number of carbonyl (C=O) groups is 2. The van der Waals surface area contributed by atoms with Gasteiger partial charge in [0, 0.05) is 5.92 Å².